The molecule has 1 saturated heterocycles. The van der Waals surface area contributed by atoms with E-state index in [1.54, 1.807) is 12.1 Å². The first kappa shape index (κ1) is 12.0. The summed E-state index contributed by atoms with van der Waals surface area (Å²) in [4.78, 5) is 24.8. The van der Waals surface area contributed by atoms with Gasteiger partial charge in [-0.25, -0.2) is 9.59 Å². The average molecular weight is 260 g/mol. The Balaban J connectivity index is 1.64. The van der Waals surface area contributed by atoms with E-state index in [2.05, 4.69) is 5.32 Å². The molecule has 0 aromatic heterocycles. The molecule has 100 valence electrons. The van der Waals surface area contributed by atoms with Gasteiger partial charge in [0.15, 0.2) is 0 Å². The summed E-state index contributed by atoms with van der Waals surface area (Å²) < 4.78 is 0. The maximum absolute atomic E-state index is 12.1. The van der Waals surface area contributed by atoms with E-state index in [9.17, 15) is 9.59 Å². The van der Waals surface area contributed by atoms with E-state index in [1.807, 2.05) is 4.90 Å². The molecule has 2 aliphatic rings. The van der Waals surface area contributed by atoms with E-state index >= 15 is 0 Å². The largest absolute Gasteiger partial charge is 0.478 e. The number of hydrogen-bond acceptors (Lipinski definition) is 2. The highest BCUT2D eigenvalue weighted by molar-refractivity contribution is 5.91. The van der Waals surface area contributed by atoms with Gasteiger partial charge in [0, 0.05) is 18.3 Å². The lowest BCUT2D eigenvalue weighted by Gasteiger charge is -2.27. The summed E-state index contributed by atoms with van der Waals surface area (Å²) in [5.74, 6) is -0.292. The third kappa shape index (κ3) is 2.28. The van der Waals surface area contributed by atoms with Crippen molar-refractivity contribution in [1.82, 2.24) is 4.90 Å². The molecule has 2 bridgehead atoms. The van der Waals surface area contributed by atoms with Gasteiger partial charge in [0.25, 0.3) is 0 Å². The molecule has 0 radical (unpaired) electrons. The zero-order chi connectivity index (χ0) is 13.4. The Hall–Kier alpha value is -2.04. The van der Waals surface area contributed by atoms with Crippen LogP contribution in [0.5, 0.6) is 0 Å². The number of piperidine rings is 1. The maximum Gasteiger partial charge on any atom is 0.335 e. The van der Waals surface area contributed by atoms with Crippen LogP contribution < -0.4 is 5.32 Å². The Bertz CT molecular complexity index is 512. The Kier molecular flexibility index (Phi) is 2.89. The Morgan fingerprint density at radius 1 is 1.21 bits per heavy atom. The number of aromatic carboxylic acids is 1. The molecule has 5 heteroatoms. The van der Waals surface area contributed by atoms with Crippen molar-refractivity contribution in [3.63, 3.8) is 0 Å². The molecule has 5 nitrogen and oxygen atoms in total. The Morgan fingerprint density at radius 3 is 2.47 bits per heavy atom. The minimum absolute atomic E-state index is 0.0738. The van der Waals surface area contributed by atoms with Gasteiger partial charge in [-0.2, -0.15) is 0 Å². The molecule has 2 N–H and O–H groups in total. The first-order valence-electron chi connectivity index (χ1n) is 6.54. The summed E-state index contributed by atoms with van der Waals surface area (Å²) in [7, 11) is 0. The third-order valence-electron chi connectivity index (χ3n) is 4.05. The maximum atomic E-state index is 12.1. The number of rotatable bonds is 2. The SMILES string of the molecule is O=C(O)c1ccc(NC(=O)N2CC3CCC2C3)cc1. The van der Waals surface area contributed by atoms with E-state index in [1.165, 1.54) is 18.6 Å². The molecule has 1 aromatic rings. The van der Waals surface area contributed by atoms with Crippen molar-refractivity contribution in [2.45, 2.75) is 25.3 Å². The topological polar surface area (TPSA) is 69.6 Å². The quantitative estimate of drug-likeness (QED) is 0.857. The number of anilines is 1. The van der Waals surface area contributed by atoms with E-state index in [4.69, 9.17) is 5.11 Å². The third-order valence-corrected chi connectivity index (χ3v) is 4.05. The molecule has 2 atom stereocenters. The lowest BCUT2D eigenvalue weighted by Crippen LogP contribution is -2.40. The van der Waals surface area contributed by atoms with Crippen LogP contribution in [0.3, 0.4) is 0 Å². The fourth-order valence-electron chi connectivity index (χ4n) is 3.06. The number of amides is 2. The molecule has 2 fully saturated rings. The molecule has 2 amide bonds. The van der Waals surface area contributed by atoms with Crippen LogP contribution in [-0.2, 0) is 0 Å². The molecule has 1 aliphatic heterocycles. The second-order valence-electron chi connectivity index (χ2n) is 5.30. The van der Waals surface area contributed by atoms with Gasteiger partial charge in [-0.1, -0.05) is 0 Å². The second-order valence-corrected chi connectivity index (χ2v) is 5.30. The number of nitrogens with zero attached hydrogens (tertiary/aromatic N) is 1. The lowest BCUT2D eigenvalue weighted by atomic mass is 10.1. The van der Waals surface area contributed by atoms with Crippen LogP contribution >= 0.6 is 0 Å². The van der Waals surface area contributed by atoms with Crippen LogP contribution in [0.1, 0.15) is 29.6 Å². The normalized spacial score (nSPS) is 24.5. The number of carbonyl (C=O) groups is 2. The Morgan fingerprint density at radius 2 is 1.95 bits per heavy atom. The summed E-state index contributed by atoms with van der Waals surface area (Å²) in [6.45, 7) is 0.851. The zero-order valence-corrected chi connectivity index (χ0v) is 10.5. The minimum Gasteiger partial charge on any atom is -0.478 e. The van der Waals surface area contributed by atoms with Crippen LogP contribution in [0.15, 0.2) is 24.3 Å². The van der Waals surface area contributed by atoms with Crippen LogP contribution in [0.25, 0.3) is 0 Å². The molecule has 19 heavy (non-hydrogen) atoms. The van der Waals surface area contributed by atoms with E-state index < -0.39 is 5.97 Å². The first-order chi connectivity index (χ1) is 9.13. The smallest absolute Gasteiger partial charge is 0.335 e. The number of likely N-dealkylation sites (tertiary alicyclic amines) is 1. The molecule has 1 aromatic carbocycles. The van der Waals surface area contributed by atoms with E-state index in [0.717, 1.165) is 19.4 Å². The van der Waals surface area contributed by atoms with Crippen molar-refractivity contribution >= 4 is 17.7 Å². The molecular weight excluding hydrogens is 244 g/mol. The molecule has 2 unspecified atom stereocenters. The van der Waals surface area contributed by atoms with Gasteiger partial charge < -0.3 is 15.3 Å². The molecular formula is C14H16N2O3. The number of carbonyl (C=O) groups excluding carboxylic acids is 1. The first-order valence-corrected chi connectivity index (χ1v) is 6.54. The van der Waals surface area contributed by atoms with Gasteiger partial charge >= 0.3 is 12.0 Å². The number of nitrogens with one attached hydrogen (secondary N) is 1. The number of urea groups is 1. The van der Waals surface area contributed by atoms with Crippen molar-refractivity contribution in [2.75, 3.05) is 11.9 Å². The highest BCUT2D eigenvalue weighted by Crippen LogP contribution is 2.37. The van der Waals surface area contributed by atoms with E-state index in [-0.39, 0.29) is 11.6 Å². The van der Waals surface area contributed by atoms with Gasteiger partial charge in [0.05, 0.1) is 5.56 Å². The van der Waals surface area contributed by atoms with Crippen molar-refractivity contribution in [2.24, 2.45) is 5.92 Å². The monoisotopic (exact) mass is 260 g/mol. The summed E-state index contributed by atoms with van der Waals surface area (Å²) in [5, 5.41) is 11.6. The van der Waals surface area contributed by atoms with Gasteiger partial charge in [-0.15, -0.1) is 0 Å². The lowest BCUT2D eigenvalue weighted by molar-refractivity contribution is 0.0697. The van der Waals surface area contributed by atoms with Gasteiger partial charge in [0.1, 0.15) is 0 Å². The standard InChI is InChI=1S/C14H16N2O3/c17-13(18)10-2-4-11(5-3-10)15-14(19)16-8-9-1-6-12(16)7-9/h2-5,9,12H,1,6-8H2,(H,15,19)(H,17,18). The van der Waals surface area contributed by atoms with Gasteiger partial charge in [0.2, 0.25) is 0 Å². The highest BCUT2D eigenvalue weighted by Gasteiger charge is 2.40. The predicted molar refractivity (Wildman–Crippen MR) is 70.3 cm³/mol. The van der Waals surface area contributed by atoms with Crippen molar-refractivity contribution in [1.29, 1.82) is 0 Å². The van der Waals surface area contributed by atoms with Crippen LogP contribution in [0.2, 0.25) is 0 Å². The fraction of sp³-hybridized carbons (Fsp3) is 0.429. The summed E-state index contributed by atoms with van der Waals surface area (Å²) in [5.41, 5.74) is 0.857. The minimum atomic E-state index is -0.963. The highest BCUT2D eigenvalue weighted by atomic mass is 16.4. The average Bonchev–Trinajstić information content (AvgIpc) is 3.01. The molecule has 1 heterocycles. The van der Waals surface area contributed by atoms with Crippen LogP contribution in [-0.4, -0.2) is 34.6 Å². The van der Waals surface area contributed by atoms with Crippen molar-refractivity contribution in [3.05, 3.63) is 29.8 Å². The molecule has 0 spiro atoms. The molecule has 1 saturated carbocycles. The van der Waals surface area contributed by atoms with Crippen LogP contribution in [0.4, 0.5) is 10.5 Å². The summed E-state index contributed by atoms with van der Waals surface area (Å²) in [6.07, 6.45) is 3.48. The molecule has 3 rings (SSSR count). The zero-order valence-electron chi connectivity index (χ0n) is 10.5. The number of carboxylic acids is 1. The van der Waals surface area contributed by atoms with Crippen LogP contribution in [0, 0.1) is 5.92 Å². The number of fused-ring (bicyclic) bond motifs is 2. The molecule has 1 aliphatic carbocycles. The number of carboxylic acid groups (broad SMARTS) is 1. The summed E-state index contributed by atoms with van der Waals surface area (Å²) in [6, 6.07) is 6.55. The second kappa shape index (κ2) is 4.57. The van der Waals surface area contributed by atoms with E-state index in [0.29, 0.717) is 17.6 Å². The Labute approximate surface area is 111 Å². The number of benzene rings is 1. The van der Waals surface area contributed by atoms with Gasteiger partial charge in [-0.05, 0) is 49.4 Å². The predicted octanol–water partition coefficient (Wildman–Crippen LogP) is 2.40. The van der Waals surface area contributed by atoms with Crippen molar-refractivity contribution < 1.29 is 14.7 Å². The summed E-state index contributed by atoms with van der Waals surface area (Å²) >= 11 is 0. The van der Waals surface area contributed by atoms with Crippen molar-refractivity contribution in [3.8, 4) is 0 Å². The number of hydrogen-bond donors (Lipinski definition) is 2. The fourth-order valence-corrected chi connectivity index (χ4v) is 3.06. The van der Waals surface area contributed by atoms with Gasteiger partial charge in [-0.3, -0.25) is 0 Å².